The van der Waals surface area contributed by atoms with Crippen LogP contribution in [0.3, 0.4) is 0 Å². The van der Waals surface area contributed by atoms with Gasteiger partial charge in [0.1, 0.15) is 0 Å². The minimum Gasteiger partial charge on any atom is -0.311 e. The third-order valence-electron chi connectivity index (χ3n) is 3.52. The van der Waals surface area contributed by atoms with Gasteiger partial charge in [0.15, 0.2) is 0 Å². The summed E-state index contributed by atoms with van der Waals surface area (Å²) in [7, 11) is 3.89. The van der Waals surface area contributed by atoms with E-state index in [1.165, 1.54) is 0 Å². The number of benzene rings is 1. The van der Waals surface area contributed by atoms with Crippen molar-refractivity contribution in [1.82, 2.24) is 24.9 Å². The third-order valence-corrected chi connectivity index (χ3v) is 3.52. The van der Waals surface area contributed by atoms with Gasteiger partial charge in [-0.2, -0.15) is 10.2 Å². The first-order chi connectivity index (χ1) is 10.3. The van der Waals surface area contributed by atoms with Crippen LogP contribution in [0, 0.1) is 0 Å². The Morgan fingerprint density at radius 3 is 2.52 bits per heavy atom. The maximum atomic E-state index is 4.67. The van der Waals surface area contributed by atoms with E-state index in [-0.39, 0.29) is 6.04 Å². The van der Waals surface area contributed by atoms with Gasteiger partial charge >= 0.3 is 0 Å². The number of hydrogen-bond donors (Lipinski definition) is 1. The van der Waals surface area contributed by atoms with Gasteiger partial charge in [-0.1, -0.05) is 18.2 Å². The van der Waals surface area contributed by atoms with Crippen LogP contribution in [0.15, 0.2) is 54.9 Å². The number of rotatable bonds is 5. The number of aryl methyl sites for hydroxylation is 1. The molecule has 108 valence electrons. The molecule has 21 heavy (non-hydrogen) atoms. The van der Waals surface area contributed by atoms with E-state index >= 15 is 0 Å². The molecule has 0 saturated carbocycles. The summed E-state index contributed by atoms with van der Waals surface area (Å²) in [5, 5.41) is 12.4. The fourth-order valence-electron chi connectivity index (χ4n) is 2.38. The summed E-state index contributed by atoms with van der Waals surface area (Å²) in [5.74, 6) is 0. The Balaban J connectivity index is 1.80. The summed E-state index contributed by atoms with van der Waals surface area (Å²) in [6, 6.07) is 14.4. The first kappa shape index (κ1) is 13.6. The lowest BCUT2D eigenvalue weighted by Crippen LogP contribution is -2.20. The van der Waals surface area contributed by atoms with Crippen molar-refractivity contribution >= 4 is 0 Å². The van der Waals surface area contributed by atoms with Crippen molar-refractivity contribution in [3.8, 4) is 5.69 Å². The molecule has 2 heterocycles. The molecular weight excluding hydrogens is 262 g/mol. The van der Waals surface area contributed by atoms with Crippen molar-refractivity contribution in [1.29, 1.82) is 0 Å². The van der Waals surface area contributed by atoms with Gasteiger partial charge in [-0.05, 0) is 31.3 Å². The van der Waals surface area contributed by atoms with Gasteiger partial charge < -0.3 is 5.32 Å². The number of nitrogens with zero attached hydrogens (tertiary/aromatic N) is 4. The second-order valence-corrected chi connectivity index (χ2v) is 5.05. The van der Waals surface area contributed by atoms with Gasteiger partial charge in [0, 0.05) is 25.9 Å². The highest BCUT2D eigenvalue weighted by atomic mass is 15.3. The van der Waals surface area contributed by atoms with Crippen molar-refractivity contribution in [3.63, 3.8) is 0 Å². The third kappa shape index (κ3) is 3.03. The van der Waals surface area contributed by atoms with Gasteiger partial charge in [-0.3, -0.25) is 4.68 Å². The molecule has 0 bridgehead atoms. The molecule has 0 spiro atoms. The molecule has 5 heteroatoms. The topological polar surface area (TPSA) is 47.7 Å². The van der Waals surface area contributed by atoms with Crippen LogP contribution in [0.5, 0.6) is 0 Å². The second-order valence-electron chi connectivity index (χ2n) is 5.05. The smallest absolute Gasteiger partial charge is 0.0802 e. The van der Waals surface area contributed by atoms with Crippen molar-refractivity contribution in [2.45, 2.75) is 12.5 Å². The lowest BCUT2D eigenvalue weighted by Gasteiger charge is -2.12. The normalized spacial score (nSPS) is 12.5. The first-order valence-electron chi connectivity index (χ1n) is 7.03. The van der Waals surface area contributed by atoms with Gasteiger partial charge in [-0.25, -0.2) is 4.68 Å². The van der Waals surface area contributed by atoms with E-state index in [9.17, 15) is 0 Å². The van der Waals surface area contributed by atoms with E-state index in [0.717, 1.165) is 23.5 Å². The Morgan fingerprint density at radius 1 is 1.05 bits per heavy atom. The van der Waals surface area contributed by atoms with Crippen molar-refractivity contribution in [2.24, 2.45) is 7.05 Å². The van der Waals surface area contributed by atoms with Gasteiger partial charge in [0.25, 0.3) is 0 Å². The van der Waals surface area contributed by atoms with E-state index < -0.39 is 0 Å². The van der Waals surface area contributed by atoms with Crippen LogP contribution in [0.4, 0.5) is 0 Å². The Labute approximate surface area is 124 Å². The fraction of sp³-hybridized carbons (Fsp3) is 0.250. The van der Waals surface area contributed by atoms with Crippen molar-refractivity contribution < 1.29 is 0 Å². The molecule has 0 aliphatic carbocycles. The predicted molar refractivity (Wildman–Crippen MR) is 82.3 cm³/mol. The minimum absolute atomic E-state index is 0.157. The molecule has 0 aliphatic heterocycles. The Kier molecular flexibility index (Phi) is 3.83. The molecule has 1 unspecified atom stereocenters. The molecule has 1 N–H and O–H groups in total. The summed E-state index contributed by atoms with van der Waals surface area (Å²) in [5.41, 5.74) is 3.15. The van der Waals surface area contributed by atoms with E-state index in [4.69, 9.17) is 0 Å². The van der Waals surface area contributed by atoms with Crippen molar-refractivity contribution in [2.75, 3.05) is 7.05 Å². The van der Waals surface area contributed by atoms with Crippen LogP contribution in [0.25, 0.3) is 5.69 Å². The summed E-state index contributed by atoms with van der Waals surface area (Å²) >= 11 is 0. The zero-order valence-electron chi connectivity index (χ0n) is 12.3. The van der Waals surface area contributed by atoms with E-state index in [1.54, 1.807) is 0 Å². The maximum Gasteiger partial charge on any atom is 0.0802 e. The fourth-order valence-corrected chi connectivity index (χ4v) is 2.38. The molecule has 3 rings (SSSR count). The molecule has 2 aromatic heterocycles. The summed E-state index contributed by atoms with van der Waals surface area (Å²) in [6.07, 6.45) is 4.78. The van der Waals surface area contributed by atoms with E-state index in [1.807, 2.05) is 72.3 Å². The SMILES string of the molecule is CNC(Cc1ccn(C)n1)c1ccn(-c2ccccc2)n1. The first-order valence-corrected chi connectivity index (χ1v) is 7.03. The lowest BCUT2D eigenvalue weighted by molar-refractivity contribution is 0.557. The summed E-state index contributed by atoms with van der Waals surface area (Å²) in [4.78, 5) is 0. The van der Waals surface area contributed by atoms with E-state index in [0.29, 0.717) is 0 Å². The quantitative estimate of drug-likeness (QED) is 0.779. The Hall–Kier alpha value is -2.40. The summed E-state index contributed by atoms with van der Waals surface area (Å²) in [6.45, 7) is 0. The highest BCUT2D eigenvalue weighted by molar-refractivity contribution is 5.30. The van der Waals surface area contributed by atoms with Crippen LogP contribution >= 0.6 is 0 Å². The van der Waals surface area contributed by atoms with Crippen LogP contribution < -0.4 is 5.32 Å². The van der Waals surface area contributed by atoms with Crippen LogP contribution in [0.1, 0.15) is 17.4 Å². The average molecular weight is 281 g/mol. The summed E-state index contributed by atoms with van der Waals surface area (Å²) < 4.78 is 3.72. The average Bonchev–Trinajstić information content (AvgIpc) is 3.15. The molecule has 3 aromatic rings. The Morgan fingerprint density at radius 2 is 1.86 bits per heavy atom. The van der Waals surface area contributed by atoms with Gasteiger partial charge in [-0.15, -0.1) is 0 Å². The van der Waals surface area contributed by atoms with Crippen molar-refractivity contribution in [3.05, 3.63) is 66.2 Å². The molecule has 0 radical (unpaired) electrons. The standard InChI is InChI=1S/C16H19N5/c1-17-16(12-13-8-10-20(2)18-13)15-9-11-21(19-15)14-6-4-3-5-7-14/h3-11,16-17H,12H2,1-2H3. The van der Waals surface area contributed by atoms with Crippen LogP contribution in [-0.2, 0) is 13.5 Å². The number of aromatic nitrogens is 4. The highest BCUT2D eigenvalue weighted by Gasteiger charge is 2.15. The molecule has 0 saturated heterocycles. The molecule has 0 aliphatic rings. The number of para-hydroxylation sites is 1. The van der Waals surface area contributed by atoms with Crippen LogP contribution in [-0.4, -0.2) is 26.6 Å². The van der Waals surface area contributed by atoms with Gasteiger partial charge in [0.05, 0.1) is 23.1 Å². The molecule has 1 atom stereocenters. The zero-order chi connectivity index (χ0) is 14.7. The minimum atomic E-state index is 0.157. The molecule has 1 aromatic carbocycles. The number of hydrogen-bond acceptors (Lipinski definition) is 3. The van der Waals surface area contributed by atoms with Crippen LogP contribution in [0.2, 0.25) is 0 Å². The molecule has 0 fully saturated rings. The largest absolute Gasteiger partial charge is 0.311 e. The second kappa shape index (κ2) is 5.93. The zero-order valence-corrected chi connectivity index (χ0v) is 12.3. The van der Waals surface area contributed by atoms with E-state index in [2.05, 4.69) is 21.6 Å². The van der Waals surface area contributed by atoms with Gasteiger partial charge in [0.2, 0.25) is 0 Å². The number of likely N-dealkylation sites (N-methyl/N-ethyl adjacent to an activating group) is 1. The maximum absolute atomic E-state index is 4.67. The highest BCUT2D eigenvalue weighted by Crippen LogP contribution is 2.17. The number of nitrogens with one attached hydrogen (secondary N) is 1. The Bertz CT molecular complexity index is 698. The predicted octanol–water partition coefficient (Wildman–Crippen LogP) is 2.11. The molecular formula is C16H19N5. The monoisotopic (exact) mass is 281 g/mol. The molecule has 0 amide bonds. The molecule has 5 nitrogen and oxygen atoms in total. The lowest BCUT2D eigenvalue weighted by atomic mass is 10.1.